The summed E-state index contributed by atoms with van der Waals surface area (Å²) in [6, 6.07) is 18.0. The van der Waals surface area contributed by atoms with E-state index in [1.165, 1.54) is 11.3 Å². The minimum absolute atomic E-state index is 0.0687. The third kappa shape index (κ3) is 7.53. The highest BCUT2D eigenvalue weighted by Gasteiger charge is 2.34. The number of allylic oxidation sites excluding steroid dienone is 2. The van der Waals surface area contributed by atoms with Gasteiger partial charge in [-0.25, -0.2) is 9.79 Å². The molecule has 8 nitrogen and oxygen atoms in total. The van der Waals surface area contributed by atoms with E-state index < -0.39 is 12.0 Å². The van der Waals surface area contributed by atoms with Gasteiger partial charge in [0.05, 0.1) is 41.7 Å². The number of carbonyl (C=O) groups is 1. The minimum atomic E-state index is -0.783. The van der Waals surface area contributed by atoms with Gasteiger partial charge in [0, 0.05) is 5.02 Å². The van der Waals surface area contributed by atoms with E-state index in [4.69, 9.17) is 35.5 Å². The number of esters is 1. The molecule has 10 heteroatoms. The third-order valence-electron chi connectivity index (χ3n) is 7.44. The molecule has 4 aromatic rings. The lowest BCUT2D eigenvalue weighted by atomic mass is 9.95. The second-order valence-corrected chi connectivity index (χ2v) is 12.6. The molecule has 0 aliphatic carbocycles. The molecule has 1 aliphatic heterocycles. The van der Waals surface area contributed by atoms with Gasteiger partial charge in [-0.3, -0.25) is 9.36 Å². The van der Waals surface area contributed by atoms with Crippen LogP contribution in [0.1, 0.15) is 56.0 Å². The molecule has 0 N–H and O–H groups in total. The molecular weight excluding hydrogens is 636 g/mol. The average molecular weight is 673 g/mol. The second kappa shape index (κ2) is 14.9. The summed E-state index contributed by atoms with van der Waals surface area (Å²) in [6.45, 7) is 11.8. The van der Waals surface area contributed by atoms with Crippen LogP contribution in [-0.4, -0.2) is 30.4 Å². The Morgan fingerprint density at radius 2 is 1.83 bits per heavy atom. The van der Waals surface area contributed by atoms with Crippen LogP contribution in [-0.2, 0) is 22.6 Å². The molecule has 1 aromatic heterocycles. The van der Waals surface area contributed by atoms with E-state index in [1.54, 1.807) is 37.7 Å². The molecule has 0 fully saturated rings. The smallest absolute Gasteiger partial charge is 0.338 e. The van der Waals surface area contributed by atoms with Gasteiger partial charge < -0.3 is 18.9 Å². The predicted octanol–water partition coefficient (Wildman–Crippen LogP) is 6.56. The molecule has 0 saturated heterocycles. The van der Waals surface area contributed by atoms with Crippen LogP contribution in [0.5, 0.6) is 17.2 Å². The van der Waals surface area contributed by atoms with Crippen LogP contribution in [0.2, 0.25) is 5.02 Å². The molecule has 0 unspecified atom stereocenters. The SMILES string of the molecule is C=CCc1cc(/C=c2\sc3n(c2=O)[C@H](c2ccc(OC(C)C)c(OC)c2)C(C(=O)OCC)=C(C)N=3)ccc1OCc1ccc(Cl)cc1. The number of ether oxygens (including phenoxy) is 4. The maximum absolute atomic E-state index is 14.2. The quantitative estimate of drug-likeness (QED) is 0.125. The average Bonchev–Trinajstić information content (AvgIpc) is 3.34. The van der Waals surface area contributed by atoms with E-state index in [0.717, 1.165) is 22.4 Å². The third-order valence-corrected chi connectivity index (χ3v) is 8.67. The van der Waals surface area contributed by atoms with Crippen molar-refractivity contribution in [2.75, 3.05) is 13.7 Å². The van der Waals surface area contributed by atoms with Crippen molar-refractivity contribution in [2.45, 2.75) is 52.9 Å². The molecule has 2 heterocycles. The van der Waals surface area contributed by atoms with E-state index >= 15 is 0 Å². The summed E-state index contributed by atoms with van der Waals surface area (Å²) >= 11 is 7.28. The number of fused-ring (bicyclic) bond motifs is 1. The van der Waals surface area contributed by atoms with Crippen molar-refractivity contribution >= 4 is 35.0 Å². The lowest BCUT2D eigenvalue weighted by Crippen LogP contribution is -2.40. The molecule has 0 saturated carbocycles. The second-order valence-electron chi connectivity index (χ2n) is 11.2. The topological polar surface area (TPSA) is 88.4 Å². The first-order chi connectivity index (χ1) is 22.6. The summed E-state index contributed by atoms with van der Waals surface area (Å²) in [7, 11) is 1.56. The fourth-order valence-electron chi connectivity index (χ4n) is 5.35. The monoisotopic (exact) mass is 672 g/mol. The largest absolute Gasteiger partial charge is 0.493 e. The van der Waals surface area contributed by atoms with Gasteiger partial charge in [-0.2, -0.15) is 0 Å². The fraction of sp³-hybridized carbons (Fsp3) is 0.270. The Labute approximate surface area is 282 Å². The number of hydrogen-bond acceptors (Lipinski definition) is 8. The van der Waals surface area contributed by atoms with Crippen molar-refractivity contribution < 1.29 is 23.7 Å². The summed E-state index contributed by atoms with van der Waals surface area (Å²) in [5.74, 6) is 1.25. The van der Waals surface area contributed by atoms with E-state index in [1.807, 2.05) is 74.5 Å². The normalized spacial score (nSPS) is 14.4. The molecular formula is C37H37ClN2O6S. The summed E-state index contributed by atoms with van der Waals surface area (Å²) in [5.41, 5.74) is 3.92. The lowest BCUT2D eigenvalue weighted by Gasteiger charge is -2.25. The summed E-state index contributed by atoms with van der Waals surface area (Å²) < 4.78 is 25.2. The number of carbonyl (C=O) groups excluding carboxylic acids is 1. The van der Waals surface area contributed by atoms with Crippen LogP contribution in [0.25, 0.3) is 6.08 Å². The van der Waals surface area contributed by atoms with Crippen LogP contribution in [0, 0.1) is 0 Å². The van der Waals surface area contributed by atoms with Crippen LogP contribution in [0.4, 0.5) is 0 Å². The number of aromatic nitrogens is 1. The molecule has 0 spiro atoms. The van der Waals surface area contributed by atoms with Crippen LogP contribution in [0.15, 0.2) is 94.4 Å². The highest BCUT2D eigenvalue weighted by molar-refractivity contribution is 7.07. The zero-order valence-electron chi connectivity index (χ0n) is 27.0. The van der Waals surface area contributed by atoms with Crippen molar-refractivity contribution in [1.29, 1.82) is 0 Å². The first-order valence-corrected chi connectivity index (χ1v) is 16.5. The standard InChI is InChI=1S/C37H37ClN2O6S/c1-7-9-26-18-25(12-16-29(26)45-21-24-10-14-28(38)15-11-24)19-32-35(41)40-34(27-13-17-30(46-22(3)4)31(20-27)43-6)33(36(42)44-8-2)23(5)39-37(40)47-32/h7,10-20,22,34H,1,8-9,21H2,2-6H3/b32-19-/t34-/m1/s1. The molecule has 1 atom stereocenters. The molecule has 0 amide bonds. The number of nitrogens with zero attached hydrogens (tertiary/aromatic N) is 2. The maximum Gasteiger partial charge on any atom is 0.338 e. The zero-order chi connectivity index (χ0) is 33.7. The Morgan fingerprint density at radius 1 is 1.09 bits per heavy atom. The Balaban J connectivity index is 1.58. The van der Waals surface area contributed by atoms with Crippen molar-refractivity contribution in [3.63, 3.8) is 0 Å². The summed E-state index contributed by atoms with van der Waals surface area (Å²) in [5, 5.41) is 0.670. The first-order valence-electron chi connectivity index (χ1n) is 15.3. The molecule has 3 aromatic carbocycles. The Hall–Kier alpha value is -4.60. The Morgan fingerprint density at radius 3 is 2.51 bits per heavy atom. The van der Waals surface area contributed by atoms with Gasteiger partial charge in [0.15, 0.2) is 16.3 Å². The predicted molar refractivity (Wildman–Crippen MR) is 185 cm³/mol. The molecule has 47 heavy (non-hydrogen) atoms. The van der Waals surface area contributed by atoms with E-state index in [0.29, 0.717) is 55.7 Å². The molecule has 5 rings (SSSR count). The highest BCUT2D eigenvalue weighted by atomic mass is 35.5. The lowest BCUT2D eigenvalue weighted by molar-refractivity contribution is -0.139. The molecule has 0 bridgehead atoms. The van der Waals surface area contributed by atoms with Gasteiger partial charge in [-0.15, -0.1) is 6.58 Å². The van der Waals surface area contributed by atoms with Gasteiger partial charge in [0.2, 0.25) is 0 Å². The van der Waals surface area contributed by atoms with Crippen LogP contribution < -0.4 is 29.1 Å². The van der Waals surface area contributed by atoms with Crippen LogP contribution in [0.3, 0.4) is 0 Å². The molecule has 0 radical (unpaired) electrons. The fourth-order valence-corrected chi connectivity index (χ4v) is 6.52. The van der Waals surface area contributed by atoms with Crippen LogP contribution >= 0.6 is 22.9 Å². The van der Waals surface area contributed by atoms with Crippen molar-refractivity contribution in [1.82, 2.24) is 4.57 Å². The van der Waals surface area contributed by atoms with Gasteiger partial charge in [0.25, 0.3) is 5.56 Å². The van der Waals surface area contributed by atoms with Crippen molar-refractivity contribution in [3.8, 4) is 17.2 Å². The van der Waals surface area contributed by atoms with Crippen molar-refractivity contribution in [2.24, 2.45) is 4.99 Å². The van der Waals surface area contributed by atoms with E-state index in [9.17, 15) is 9.59 Å². The van der Waals surface area contributed by atoms with Crippen molar-refractivity contribution in [3.05, 3.63) is 132 Å². The number of halogens is 1. The van der Waals surface area contributed by atoms with E-state index in [2.05, 4.69) is 6.58 Å². The molecule has 1 aliphatic rings. The Kier molecular flexibility index (Phi) is 10.7. The highest BCUT2D eigenvalue weighted by Crippen LogP contribution is 2.36. The minimum Gasteiger partial charge on any atom is -0.493 e. The van der Waals surface area contributed by atoms with Gasteiger partial charge in [-0.05, 0) is 98.8 Å². The number of hydrogen-bond donors (Lipinski definition) is 0. The maximum atomic E-state index is 14.2. The summed E-state index contributed by atoms with van der Waals surface area (Å²) in [4.78, 5) is 32.7. The number of methoxy groups -OCH3 is 1. The van der Waals surface area contributed by atoms with Gasteiger partial charge >= 0.3 is 5.97 Å². The number of benzene rings is 3. The van der Waals surface area contributed by atoms with E-state index in [-0.39, 0.29) is 18.3 Å². The van der Waals surface area contributed by atoms with Gasteiger partial charge in [-0.1, -0.05) is 53.3 Å². The number of rotatable bonds is 12. The number of thiazole rings is 1. The summed E-state index contributed by atoms with van der Waals surface area (Å²) in [6.07, 6.45) is 4.16. The first kappa shape index (κ1) is 33.8. The molecule has 244 valence electrons. The zero-order valence-corrected chi connectivity index (χ0v) is 28.6. The Bertz CT molecular complexity index is 2010. The van der Waals surface area contributed by atoms with Gasteiger partial charge in [0.1, 0.15) is 12.4 Å².